The molecule has 1 aliphatic carbocycles. The standard InChI is InChI=1S/C16H20N2O5/c19-15(14-10-8-22-6-5-13(10)23-17-14)18-11-4-2-1-3-9(11)7-12(18)16(20)21/h9,11-12H,1-8H2,(H,20,21). The van der Waals surface area contributed by atoms with E-state index in [0.717, 1.165) is 25.7 Å². The lowest BCUT2D eigenvalue weighted by Gasteiger charge is -2.32. The van der Waals surface area contributed by atoms with E-state index in [0.29, 0.717) is 37.4 Å². The van der Waals surface area contributed by atoms with Crippen LogP contribution in [0.15, 0.2) is 4.52 Å². The maximum absolute atomic E-state index is 13.0. The number of carbonyl (C=O) groups is 2. The van der Waals surface area contributed by atoms with Gasteiger partial charge in [-0.3, -0.25) is 4.79 Å². The summed E-state index contributed by atoms with van der Waals surface area (Å²) < 4.78 is 10.7. The molecule has 3 unspecified atom stereocenters. The number of hydrogen-bond acceptors (Lipinski definition) is 5. The molecule has 0 spiro atoms. The molecule has 7 heteroatoms. The van der Waals surface area contributed by atoms with Crippen LogP contribution >= 0.6 is 0 Å². The summed E-state index contributed by atoms with van der Waals surface area (Å²) in [7, 11) is 0. The molecule has 1 aromatic heterocycles. The molecule has 0 aromatic carbocycles. The van der Waals surface area contributed by atoms with Crippen molar-refractivity contribution in [2.75, 3.05) is 6.61 Å². The van der Waals surface area contributed by atoms with Crippen LogP contribution in [0.1, 0.15) is 53.9 Å². The van der Waals surface area contributed by atoms with Crippen LogP contribution in [0.2, 0.25) is 0 Å². The van der Waals surface area contributed by atoms with Gasteiger partial charge in [-0.1, -0.05) is 18.0 Å². The summed E-state index contributed by atoms with van der Waals surface area (Å²) in [5, 5.41) is 13.5. The number of fused-ring (bicyclic) bond motifs is 2. The minimum absolute atomic E-state index is 0.00853. The second-order valence-electron chi connectivity index (χ2n) is 6.65. The average Bonchev–Trinajstić information content (AvgIpc) is 3.16. The Labute approximate surface area is 133 Å². The van der Waals surface area contributed by atoms with E-state index in [2.05, 4.69) is 5.16 Å². The molecule has 2 aliphatic heterocycles. The van der Waals surface area contributed by atoms with E-state index in [9.17, 15) is 14.7 Å². The molecule has 124 valence electrons. The number of aliphatic carboxylic acids is 1. The van der Waals surface area contributed by atoms with Crippen LogP contribution in [0.5, 0.6) is 0 Å². The Morgan fingerprint density at radius 3 is 2.91 bits per heavy atom. The van der Waals surface area contributed by atoms with Gasteiger partial charge in [0.25, 0.3) is 5.91 Å². The Balaban J connectivity index is 1.67. The summed E-state index contributed by atoms with van der Waals surface area (Å²) in [6, 6.07) is -0.748. The number of carboxylic acid groups (broad SMARTS) is 1. The molecule has 0 bridgehead atoms. The predicted octanol–water partition coefficient (Wildman–Crippen LogP) is 1.61. The van der Waals surface area contributed by atoms with Crippen LogP contribution in [0.4, 0.5) is 0 Å². The van der Waals surface area contributed by atoms with Gasteiger partial charge in [0.05, 0.1) is 18.8 Å². The zero-order valence-electron chi connectivity index (χ0n) is 12.9. The highest BCUT2D eigenvalue weighted by Gasteiger charge is 2.48. The SMILES string of the molecule is O=C(O)C1CC2CCCCC2N1C(=O)c1noc2c1COCC2. The molecule has 23 heavy (non-hydrogen) atoms. The number of likely N-dealkylation sites (tertiary alicyclic amines) is 1. The fourth-order valence-corrected chi connectivity index (χ4v) is 4.29. The molecule has 3 atom stereocenters. The molecule has 1 N–H and O–H groups in total. The van der Waals surface area contributed by atoms with Gasteiger partial charge in [-0.25, -0.2) is 4.79 Å². The van der Waals surface area contributed by atoms with E-state index in [4.69, 9.17) is 9.26 Å². The molecule has 3 aliphatic rings. The Kier molecular flexibility index (Phi) is 3.60. The second-order valence-corrected chi connectivity index (χ2v) is 6.65. The van der Waals surface area contributed by atoms with Gasteiger partial charge in [-0.05, 0) is 25.2 Å². The maximum atomic E-state index is 13.0. The van der Waals surface area contributed by atoms with Crippen molar-refractivity contribution in [3.05, 3.63) is 17.0 Å². The molecule has 2 fully saturated rings. The molecular formula is C16H20N2O5. The van der Waals surface area contributed by atoms with Gasteiger partial charge in [0.15, 0.2) is 5.69 Å². The lowest BCUT2D eigenvalue weighted by atomic mass is 9.84. The Hall–Kier alpha value is -1.89. The summed E-state index contributed by atoms with van der Waals surface area (Å²) in [5.41, 5.74) is 0.918. The highest BCUT2D eigenvalue weighted by molar-refractivity contribution is 5.97. The first-order valence-electron chi connectivity index (χ1n) is 8.27. The number of carbonyl (C=O) groups excluding carboxylic acids is 1. The predicted molar refractivity (Wildman–Crippen MR) is 77.8 cm³/mol. The largest absolute Gasteiger partial charge is 0.480 e. The molecule has 1 saturated heterocycles. The zero-order chi connectivity index (χ0) is 16.0. The van der Waals surface area contributed by atoms with Crippen LogP contribution in [0.25, 0.3) is 0 Å². The van der Waals surface area contributed by atoms with Gasteiger partial charge >= 0.3 is 5.97 Å². The minimum Gasteiger partial charge on any atom is -0.480 e. The summed E-state index contributed by atoms with van der Waals surface area (Å²) in [4.78, 5) is 26.2. The summed E-state index contributed by atoms with van der Waals surface area (Å²) in [6.45, 7) is 0.863. The number of aromatic nitrogens is 1. The van der Waals surface area contributed by atoms with Gasteiger partial charge in [0.1, 0.15) is 11.8 Å². The smallest absolute Gasteiger partial charge is 0.326 e. The Morgan fingerprint density at radius 2 is 2.09 bits per heavy atom. The van der Waals surface area contributed by atoms with Crippen LogP contribution in [0, 0.1) is 5.92 Å². The Morgan fingerprint density at radius 1 is 1.26 bits per heavy atom. The quantitative estimate of drug-likeness (QED) is 0.890. The molecule has 1 saturated carbocycles. The van der Waals surface area contributed by atoms with Crippen molar-refractivity contribution in [1.29, 1.82) is 0 Å². The monoisotopic (exact) mass is 320 g/mol. The van der Waals surface area contributed by atoms with Crippen molar-refractivity contribution in [3.63, 3.8) is 0 Å². The number of ether oxygens (including phenoxy) is 1. The number of rotatable bonds is 2. The van der Waals surface area contributed by atoms with Crippen molar-refractivity contribution in [1.82, 2.24) is 10.1 Å². The van der Waals surface area contributed by atoms with Crippen LogP contribution < -0.4 is 0 Å². The van der Waals surface area contributed by atoms with Crippen molar-refractivity contribution >= 4 is 11.9 Å². The second kappa shape index (κ2) is 5.63. The number of amides is 1. The number of nitrogens with zero attached hydrogens (tertiary/aromatic N) is 2. The summed E-state index contributed by atoms with van der Waals surface area (Å²) in [6.07, 6.45) is 5.17. The van der Waals surface area contributed by atoms with Crippen LogP contribution in [0.3, 0.4) is 0 Å². The third-order valence-electron chi connectivity index (χ3n) is 5.40. The molecule has 1 aromatic rings. The lowest BCUT2D eigenvalue weighted by molar-refractivity contribution is -0.141. The molecule has 0 radical (unpaired) electrons. The molecule has 4 rings (SSSR count). The fraction of sp³-hybridized carbons (Fsp3) is 0.688. The first kappa shape index (κ1) is 14.7. The molecule has 3 heterocycles. The third kappa shape index (κ3) is 2.34. The van der Waals surface area contributed by atoms with Gasteiger partial charge in [0.2, 0.25) is 0 Å². The van der Waals surface area contributed by atoms with Crippen molar-refractivity contribution in [2.45, 2.75) is 57.2 Å². The minimum atomic E-state index is -0.929. The molecule has 1 amide bonds. The highest BCUT2D eigenvalue weighted by atomic mass is 16.5. The van der Waals surface area contributed by atoms with Gasteiger partial charge in [0, 0.05) is 12.5 Å². The van der Waals surface area contributed by atoms with Crippen molar-refractivity contribution < 1.29 is 24.0 Å². The van der Waals surface area contributed by atoms with Crippen molar-refractivity contribution in [2.24, 2.45) is 5.92 Å². The topological polar surface area (TPSA) is 92.9 Å². The van der Waals surface area contributed by atoms with Crippen molar-refractivity contribution in [3.8, 4) is 0 Å². The fourth-order valence-electron chi connectivity index (χ4n) is 4.29. The van der Waals surface area contributed by atoms with Crippen LogP contribution in [-0.2, 0) is 22.6 Å². The van der Waals surface area contributed by atoms with E-state index in [1.54, 1.807) is 4.90 Å². The van der Waals surface area contributed by atoms with Gasteiger partial charge in [-0.15, -0.1) is 0 Å². The highest BCUT2D eigenvalue weighted by Crippen LogP contribution is 2.41. The number of carboxylic acids is 1. The summed E-state index contributed by atoms with van der Waals surface area (Å²) >= 11 is 0. The van der Waals surface area contributed by atoms with E-state index in [-0.39, 0.29) is 23.6 Å². The maximum Gasteiger partial charge on any atom is 0.326 e. The molecular weight excluding hydrogens is 300 g/mol. The lowest BCUT2D eigenvalue weighted by Crippen LogP contribution is -2.46. The van der Waals surface area contributed by atoms with Crippen LogP contribution in [-0.4, -0.2) is 45.7 Å². The van der Waals surface area contributed by atoms with E-state index < -0.39 is 12.0 Å². The first-order valence-corrected chi connectivity index (χ1v) is 8.27. The van der Waals surface area contributed by atoms with Gasteiger partial charge in [-0.2, -0.15) is 0 Å². The summed E-state index contributed by atoms with van der Waals surface area (Å²) in [5.74, 6) is -0.276. The molecule has 7 nitrogen and oxygen atoms in total. The third-order valence-corrected chi connectivity index (χ3v) is 5.40. The number of hydrogen-bond donors (Lipinski definition) is 1. The average molecular weight is 320 g/mol. The van der Waals surface area contributed by atoms with E-state index in [1.165, 1.54) is 0 Å². The van der Waals surface area contributed by atoms with E-state index in [1.807, 2.05) is 0 Å². The first-order chi connectivity index (χ1) is 11.2. The van der Waals surface area contributed by atoms with Gasteiger partial charge < -0.3 is 19.3 Å². The zero-order valence-corrected chi connectivity index (χ0v) is 12.9. The van der Waals surface area contributed by atoms with E-state index >= 15 is 0 Å². The Bertz CT molecular complexity index is 640. The normalized spacial score (nSPS) is 29.9.